The number of ether oxygens (including phenoxy) is 1. The van der Waals surface area contributed by atoms with E-state index in [1.165, 1.54) is 11.3 Å². The Labute approximate surface area is 231 Å². The van der Waals surface area contributed by atoms with E-state index < -0.39 is 36.7 Å². The average Bonchev–Trinajstić information content (AvgIpc) is 3.72. The van der Waals surface area contributed by atoms with Crippen LogP contribution in [0.1, 0.15) is 78.3 Å². The molecule has 13 heteroatoms. The highest BCUT2D eigenvalue weighted by molar-refractivity contribution is 7.10. The number of terminal acetylenes is 1. The molecule has 5 rings (SSSR count). The lowest BCUT2D eigenvalue weighted by atomic mass is 10.0. The second-order valence-corrected chi connectivity index (χ2v) is 10.2. The smallest absolute Gasteiger partial charge is 0.282 e. The number of hydrogen-bond donors (Lipinski definition) is 0. The monoisotopic (exact) mass is 575 g/mol. The van der Waals surface area contributed by atoms with E-state index >= 15 is 0 Å². The fourth-order valence-corrected chi connectivity index (χ4v) is 5.81. The molecule has 8 nitrogen and oxygen atoms in total. The molecular formula is C27H25F4N5O3S. The topological polar surface area (TPSA) is 81.8 Å². The third kappa shape index (κ3) is 5.82. The molecule has 0 saturated carbocycles. The van der Waals surface area contributed by atoms with Crippen LogP contribution in [0.25, 0.3) is 0 Å². The SMILES string of the molecule is C#CCOc1ccccc1C1CC(c2csc(C3CCCCN3C(=O)Cn3nc(C(F)F)cc3C(F)F)n2)=NO1. The summed E-state index contributed by atoms with van der Waals surface area (Å²) in [4.78, 5) is 25.2. The summed E-state index contributed by atoms with van der Waals surface area (Å²) in [6, 6.07) is 7.67. The third-order valence-electron chi connectivity index (χ3n) is 6.73. The van der Waals surface area contributed by atoms with Gasteiger partial charge >= 0.3 is 0 Å². The van der Waals surface area contributed by atoms with Crippen LogP contribution in [0.15, 0.2) is 40.9 Å². The van der Waals surface area contributed by atoms with Gasteiger partial charge < -0.3 is 14.5 Å². The molecule has 4 heterocycles. The quantitative estimate of drug-likeness (QED) is 0.236. The number of piperidine rings is 1. The van der Waals surface area contributed by atoms with E-state index in [4.69, 9.17) is 21.0 Å². The van der Waals surface area contributed by atoms with Gasteiger partial charge in [0.1, 0.15) is 41.0 Å². The summed E-state index contributed by atoms with van der Waals surface area (Å²) in [5.74, 6) is 2.57. The van der Waals surface area contributed by atoms with Crippen LogP contribution in [-0.4, -0.2) is 44.4 Å². The summed E-state index contributed by atoms with van der Waals surface area (Å²) in [5.41, 5.74) is 0.578. The molecule has 0 N–H and O–H groups in total. The molecule has 2 unspecified atom stereocenters. The van der Waals surface area contributed by atoms with Crippen molar-refractivity contribution >= 4 is 23.0 Å². The van der Waals surface area contributed by atoms with Crippen LogP contribution in [0, 0.1) is 12.3 Å². The summed E-state index contributed by atoms with van der Waals surface area (Å²) in [6.45, 7) is -0.0444. The lowest BCUT2D eigenvalue weighted by Crippen LogP contribution is -2.40. The number of halogens is 4. The highest BCUT2D eigenvalue weighted by atomic mass is 32.1. The van der Waals surface area contributed by atoms with Gasteiger partial charge in [-0.2, -0.15) is 5.10 Å². The van der Waals surface area contributed by atoms with Gasteiger partial charge in [0.05, 0.1) is 11.7 Å². The number of nitrogens with zero attached hydrogens (tertiary/aromatic N) is 5. The van der Waals surface area contributed by atoms with Crippen LogP contribution in [0.3, 0.4) is 0 Å². The number of benzene rings is 1. The second-order valence-electron chi connectivity index (χ2n) is 9.29. The van der Waals surface area contributed by atoms with Gasteiger partial charge in [-0.3, -0.25) is 9.48 Å². The molecular weight excluding hydrogens is 550 g/mol. The van der Waals surface area contributed by atoms with Gasteiger partial charge in [-0.05, 0) is 31.4 Å². The number of rotatable bonds is 9. The zero-order valence-corrected chi connectivity index (χ0v) is 22.0. The van der Waals surface area contributed by atoms with Gasteiger partial charge in [0, 0.05) is 23.9 Å². The summed E-state index contributed by atoms with van der Waals surface area (Å²) in [7, 11) is 0. The van der Waals surface area contributed by atoms with Crippen LogP contribution < -0.4 is 4.74 Å². The molecule has 3 aromatic rings. The zero-order valence-electron chi connectivity index (χ0n) is 21.2. The molecule has 2 atom stereocenters. The molecule has 2 aromatic heterocycles. The van der Waals surface area contributed by atoms with Crippen LogP contribution in [0.2, 0.25) is 0 Å². The van der Waals surface area contributed by atoms with Crippen molar-refractivity contribution in [2.24, 2.45) is 5.16 Å². The molecule has 0 spiro atoms. The van der Waals surface area contributed by atoms with Crippen LogP contribution in [-0.2, 0) is 16.2 Å². The molecule has 2 aliphatic rings. The molecule has 0 radical (unpaired) electrons. The van der Waals surface area contributed by atoms with Crippen molar-refractivity contribution in [1.29, 1.82) is 0 Å². The maximum absolute atomic E-state index is 13.4. The molecule has 1 aromatic carbocycles. The summed E-state index contributed by atoms with van der Waals surface area (Å²) >= 11 is 1.37. The van der Waals surface area contributed by atoms with Crippen LogP contribution in [0.5, 0.6) is 5.75 Å². The van der Waals surface area contributed by atoms with E-state index in [2.05, 4.69) is 16.2 Å². The molecule has 1 fully saturated rings. The summed E-state index contributed by atoms with van der Waals surface area (Å²) < 4.78 is 59.3. The number of carbonyl (C=O) groups is 1. The van der Waals surface area contributed by atoms with Crippen molar-refractivity contribution in [3.8, 4) is 18.1 Å². The Bertz CT molecular complexity index is 1430. The van der Waals surface area contributed by atoms with E-state index in [1.54, 1.807) is 4.90 Å². The van der Waals surface area contributed by atoms with E-state index in [0.29, 0.717) is 52.3 Å². The average molecular weight is 576 g/mol. The molecule has 2 aliphatic heterocycles. The Morgan fingerprint density at radius 3 is 2.83 bits per heavy atom. The second kappa shape index (κ2) is 12.1. The number of alkyl halides is 4. The summed E-state index contributed by atoms with van der Waals surface area (Å²) in [6.07, 6.45) is 1.55. The van der Waals surface area contributed by atoms with Crippen molar-refractivity contribution in [3.05, 3.63) is 63.4 Å². The maximum Gasteiger partial charge on any atom is 0.282 e. The van der Waals surface area contributed by atoms with Crippen molar-refractivity contribution in [2.45, 2.75) is 57.2 Å². The zero-order chi connectivity index (χ0) is 28.2. The molecule has 1 saturated heterocycles. The minimum absolute atomic E-state index is 0.126. The number of para-hydroxylation sites is 1. The third-order valence-corrected chi connectivity index (χ3v) is 7.68. The molecule has 1 amide bonds. The first-order valence-corrected chi connectivity index (χ1v) is 13.5. The number of likely N-dealkylation sites (tertiary alicyclic amines) is 1. The minimum Gasteiger partial charge on any atom is -0.481 e. The Balaban J connectivity index is 1.29. The lowest BCUT2D eigenvalue weighted by Gasteiger charge is -2.34. The largest absolute Gasteiger partial charge is 0.481 e. The van der Waals surface area contributed by atoms with Crippen LogP contribution >= 0.6 is 11.3 Å². The number of amides is 1. The Morgan fingerprint density at radius 1 is 1.23 bits per heavy atom. The van der Waals surface area contributed by atoms with Gasteiger partial charge in [0.15, 0.2) is 6.10 Å². The number of carbonyl (C=O) groups excluding carboxylic acids is 1. The number of oxime groups is 1. The van der Waals surface area contributed by atoms with Gasteiger partial charge in [0.2, 0.25) is 5.91 Å². The minimum atomic E-state index is -3.04. The number of aromatic nitrogens is 3. The van der Waals surface area contributed by atoms with Crippen molar-refractivity contribution in [2.75, 3.05) is 13.2 Å². The Kier molecular flexibility index (Phi) is 8.35. The molecule has 0 bridgehead atoms. The summed E-state index contributed by atoms with van der Waals surface area (Å²) in [5, 5.41) is 10.3. The van der Waals surface area contributed by atoms with Gasteiger partial charge in [-0.15, -0.1) is 17.8 Å². The lowest BCUT2D eigenvalue weighted by molar-refractivity contribution is -0.136. The first kappa shape index (κ1) is 27.6. The standard InChI is InChI=1S/C27H25F4N5O3S/c1-2-11-38-22-9-4-3-7-16(22)23-13-17(34-39-23)19-15-40-27(32-19)20-8-5-6-10-35(20)24(37)14-36-21(26(30)31)12-18(33-36)25(28)29/h1,3-4,7,9,12,15,20,23,25-26H,5-6,8,10-11,13-14H2. The first-order valence-electron chi connectivity index (χ1n) is 12.6. The van der Waals surface area contributed by atoms with Gasteiger partial charge in [-0.1, -0.05) is 29.3 Å². The van der Waals surface area contributed by atoms with E-state index in [1.807, 2.05) is 29.6 Å². The van der Waals surface area contributed by atoms with Crippen molar-refractivity contribution in [3.63, 3.8) is 0 Å². The fraction of sp³-hybridized carbons (Fsp3) is 0.407. The van der Waals surface area contributed by atoms with Gasteiger partial charge in [-0.25, -0.2) is 22.5 Å². The van der Waals surface area contributed by atoms with E-state index in [-0.39, 0.29) is 18.8 Å². The van der Waals surface area contributed by atoms with Crippen LogP contribution in [0.4, 0.5) is 17.6 Å². The molecule has 210 valence electrons. The molecule has 0 aliphatic carbocycles. The van der Waals surface area contributed by atoms with Gasteiger partial charge in [0.25, 0.3) is 12.9 Å². The molecule has 40 heavy (non-hydrogen) atoms. The van der Waals surface area contributed by atoms with Crippen molar-refractivity contribution in [1.82, 2.24) is 19.7 Å². The maximum atomic E-state index is 13.4. The van der Waals surface area contributed by atoms with E-state index in [9.17, 15) is 22.4 Å². The first-order chi connectivity index (χ1) is 19.4. The highest BCUT2D eigenvalue weighted by Gasteiger charge is 2.33. The predicted molar refractivity (Wildman–Crippen MR) is 138 cm³/mol. The van der Waals surface area contributed by atoms with E-state index in [0.717, 1.165) is 18.4 Å². The Morgan fingerprint density at radius 2 is 2.05 bits per heavy atom. The fourth-order valence-electron chi connectivity index (χ4n) is 4.83. The van der Waals surface area contributed by atoms with Crippen molar-refractivity contribution < 1.29 is 31.9 Å². The highest BCUT2D eigenvalue weighted by Crippen LogP contribution is 2.37. The Hall–Kier alpha value is -3.92. The predicted octanol–water partition coefficient (Wildman–Crippen LogP) is 5.85. The normalized spacial score (nSPS) is 19.0. The number of hydrogen-bond acceptors (Lipinski definition) is 7. The number of thiazole rings is 1.